The highest BCUT2D eigenvalue weighted by molar-refractivity contribution is 7.91. The van der Waals surface area contributed by atoms with Gasteiger partial charge in [-0.1, -0.05) is 32.0 Å². The first-order chi connectivity index (χ1) is 10.9. The van der Waals surface area contributed by atoms with Gasteiger partial charge in [-0.3, -0.25) is 4.79 Å². The summed E-state index contributed by atoms with van der Waals surface area (Å²) in [6.45, 7) is 4.20. The molecule has 0 spiro atoms. The van der Waals surface area contributed by atoms with E-state index in [0.717, 1.165) is 17.7 Å². The molecule has 2 rings (SSSR count). The number of ether oxygens (including phenoxy) is 1. The molecule has 0 bridgehead atoms. The van der Waals surface area contributed by atoms with Crippen molar-refractivity contribution in [2.75, 3.05) is 18.1 Å². The zero-order valence-corrected chi connectivity index (χ0v) is 14.6. The third-order valence-electron chi connectivity index (χ3n) is 4.34. The third kappa shape index (κ3) is 5.23. The second-order valence-corrected chi connectivity index (χ2v) is 8.43. The Labute approximate surface area is 138 Å². The predicted octanol–water partition coefficient (Wildman–Crippen LogP) is 2.27. The topological polar surface area (TPSA) is 72.5 Å². The summed E-state index contributed by atoms with van der Waals surface area (Å²) in [5.74, 6) is 1.21. The van der Waals surface area contributed by atoms with E-state index in [4.69, 9.17) is 4.74 Å². The Morgan fingerprint density at radius 1 is 1.30 bits per heavy atom. The van der Waals surface area contributed by atoms with Gasteiger partial charge in [0, 0.05) is 6.04 Å². The molecular formula is C17H25NO4S. The van der Waals surface area contributed by atoms with E-state index >= 15 is 0 Å². The van der Waals surface area contributed by atoms with Crippen LogP contribution in [-0.4, -0.2) is 38.5 Å². The summed E-state index contributed by atoms with van der Waals surface area (Å²) in [7, 11) is -2.91. The van der Waals surface area contributed by atoms with Gasteiger partial charge in [0.05, 0.1) is 11.5 Å². The molecular weight excluding hydrogens is 314 g/mol. The van der Waals surface area contributed by atoms with E-state index in [9.17, 15) is 13.2 Å². The van der Waals surface area contributed by atoms with Crippen molar-refractivity contribution in [3.8, 4) is 5.75 Å². The predicted molar refractivity (Wildman–Crippen MR) is 90.5 cm³/mol. The number of rotatable bonds is 6. The van der Waals surface area contributed by atoms with Crippen LogP contribution in [0.4, 0.5) is 0 Å². The Morgan fingerprint density at radius 3 is 2.61 bits per heavy atom. The molecule has 1 saturated heterocycles. The lowest BCUT2D eigenvalue weighted by Crippen LogP contribution is -2.42. The Balaban J connectivity index is 1.86. The highest BCUT2D eigenvalue weighted by Gasteiger charge is 2.24. The molecule has 6 heteroatoms. The van der Waals surface area contributed by atoms with Crippen LogP contribution in [0.3, 0.4) is 0 Å². The molecule has 1 fully saturated rings. The molecule has 0 aliphatic carbocycles. The molecule has 1 N–H and O–H groups in total. The maximum atomic E-state index is 12.0. The minimum absolute atomic E-state index is 0.0449. The van der Waals surface area contributed by atoms with Crippen LogP contribution in [0.2, 0.25) is 0 Å². The SMILES string of the molecule is CCC(C)c1ccccc1OCC(=O)NC1CCS(=O)(=O)CC1. The molecule has 0 saturated carbocycles. The molecule has 1 heterocycles. The van der Waals surface area contributed by atoms with Gasteiger partial charge in [-0.2, -0.15) is 0 Å². The quantitative estimate of drug-likeness (QED) is 0.863. The van der Waals surface area contributed by atoms with E-state index in [1.807, 2.05) is 24.3 Å². The summed E-state index contributed by atoms with van der Waals surface area (Å²) in [5, 5.41) is 2.86. The zero-order valence-electron chi connectivity index (χ0n) is 13.7. The maximum Gasteiger partial charge on any atom is 0.258 e. The minimum Gasteiger partial charge on any atom is -0.483 e. The van der Waals surface area contributed by atoms with E-state index in [0.29, 0.717) is 18.8 Å². The van der Waals surface area contributed by atoms with Gasteiger partial charge < -0.3 is 10.1 Å². The number of hydrogen-bond acceptors (Lipinski definition) is 4. The molecule has 5 nitrogen and oxygen atoms in total. The maximum absolute atomic E-state index is 12.0. The van der Waals surface area contributed by atoms with Crippen LogP contribution in [-0.2, 0) is 14.6 Å². The summed E-state index contributed by atoms with van der Waals surface area (Å²) < 4.78 is 28.4. The molecule has 128 valence electrons. The van der Waals surface area contributed by atoms with Crippen molar-refractivity contribution >= 4 is 15.7 Å². The third-order valence-corrected chi connectivity index (χ3v) is 6.06. The molecule has 1 unspecified atom stereocenters. The Hall–Kier alpha value is -1.56. The van der Waals surface area contributed by atoms with Crippen molar-refractivity contribution < 1.29 is 17.9 Å². The molecule has 1 amide bonds. The van der Waals surface area contributed by atoms with Crippen molar-refractivity contribution in [2.24, 2.45) is 0 Å². The average molecular weight is 339 g/mol. The molecule has 1 atom stereocenters. The van der Waals surface area contributed by atoms with Crippen molar-refractivity contribution in [3.05, 3.63) is 29.8 Å². The highest BCUT2D eigenvalue weighted by Crippen LogP contribution is 2.28. The van der Waals surface area contributed by atoms with Crippen molar-refractivity contribution in [1.29, 1.82) is 0 Å². The fourth-order valence-corrected chi connectivity index (χ4v) is 4.18. The summed E-state index contributed by atoms with van der Waals surface area (Å²) in [4.78, 5) is 12.0. The van der Waals surface area contributed by atoms with Crippen LogP contribution >= 0.6 is 0 Å². The summed E-state index contributed by atoms with van der Waals surface area (Å²) >= 11 is 0. The molecule has 23 heavy (non-hydrogen) atoms. The van der Waals surface area contributed by atoms with Crippen molar-refractivity contribution in [3.63, 3.8) is 0 Å². The molecule has 0 aromatic heterocycles. The van der Waals surface area contributed by atoms with E-state index in [1.54, 1.807) is 0 Å². The number of para-hydroxylation sites is 1. The van der Waals surface area contributed by atoms with Gasteiger partial charge in [-0.25, -0.2) is 8.42 Å². The van der Waals surface area contributed by atoms with Gasteiger partial charge in [0.2, 0.25) is 0 Å². The standard InChI is InChI=1S/C17H25NO4S/c1-3-13(2)15-6-4-5-7-16(15)22-12-17(19)18-14-8-10-23(20,21)11-9-14/h4-7,13-14H,3,8-12H2,1-2H3,(H,18,19). The fraction of sp³-hybridized carbons (Fsp3) is 0.588. The largest absolute Gasteiger partial charge is 0.483 e. The van der Waals surface area contributed by atoms with Crippen LogP contribution in [0.15, 0.2) is 24.3 Å². The number of nitrogens with one attached hydrogen (secondary N) is 1. The lowest BCUT2D eigenvalue weighted by Gasteiger charge is -2.23. The van der Waals surface area contributed by atoms with Gasteiger partial charge >= 0.3 is 0 Å². The molecule has 1 aromatic carbocycles. The fourth-order valence-electron chi connectivity index (χ4n) is 2.69. The Bertz CT molecular complexity index is 628. The monoisotopic (exact) mass is 339 g/mol. The normalized spacial score (nSPS) is 19.0. The molecule has 1 aliphatic heterocycles. The smallest absolute Gasteiger partial charge is 0.258 e. The molecule has 1 aromatic rings. The first-order valence-electron chi connectivity index (χ1n) is 8.13. The van der Waals surface area contributed by atoms with Crippen LogP contribution in [0.25, 0.3) is 0 Å². The summed E-state index contributed by atoms with van der Waals surface area (Å²) in [6.07, 6.45) is 1.97. The van der Waals surface area contributed by atoms with Gasteiger partial charge in [-0.05, 0) is 36.8 Å². The lowest BCUT2D eigenvalue weighted by molar-refractivity contribution is -0.123. The average Bonchev–Trinajstić information content (AvgIpc) is 2.54. The van der Waals surface area contributed by atoms with E-state index in [2.05, 4.69) is 19.2 Å². The van der Waals surface area contributed by atoms with Crippen LogP contribution in [0.5, 0.6) is 5.75 Å². The highest BCUT2D eigenvalue weighted by atomic mass is 32.2. The van der Waals surface area contributed by atoms with Crippen LogP contribution in [0, 0.1) is 0 Å². The van der Waals surface area contributed by atoms with E-state index in [1.165, 1.54) is 0 Å². The van der Waals surface area contributed by atoms with Gasteiger partial charge in [0.25, 0.3) is 5.91 Å². The van der Waals surface area contributed by atoms with Crippen molar-refractivity contribution in [2.45, 2.75) is 45.1 Å². The number of benzene rings is 1. The second-order valence-electron chi connectivity index (χ2n) is 6.13. The number of carbonyl (C=O) groups is 1. The van der Waals surface area contributed by atoms with Gasteiger partial charge in [0.15, 0.2) is 6.61 Å². The van der Waals surface area contributed by atoms with Crippen molar-refractivity contribution in [1.82, 2.24) is 5.32 Å². The first kappa shape index (κ1) is 17.8. The summed E-state index contributed by atoms with van der Waals surface area (Å²) in [6, 6.07) is 7.69. The number of amides is 1. The Kier molecular flexibility index (Phi) is 6.04. The molecule has 1 aliphatic rings. The van der Waals surface area contributed by atoms with E-state index < -0.39 is 9.84 Å². The van der Waals surface area contributed by atoms with Gasteiger partial charge in [0.1, 0.15) is 15.6 Å². The first-order valence-corrected chi connectivity index (χ1v) is 9.95. The molecule has 0 radical (unpaired) electrons. The zero-order chi connectivity index (χ0) is 16.9. The van der Waals surface area contributed by atoms with Gasteiger partial charge in [-0.15, -0.1) is 0 Å². The summed E-state index contributed by atoms with van der Waals surface area (Å²) in [5.41, 5.74) is 1.10. The second kappa shape index (κ2) is 7.81. The Morgan fingerprint density at radius 2 is 1.96 bits per heavy atom. The lowest BCUT2D eigenvalue weighted by atomic mass is 9.98. The van der Waals surface area contributed by atoms with E-state index in [-0.39, 0.29) is 30.1 Å². The van der Waals surface area contributed by atoms with Crippen LogP contribution < -0.4 is 10.1 Å². The van der Waals surface area contributed by atoms with Crippen LogP contribution in [0.1, 0.15) is 44.6 Å². The number of carbonyl (C=O) groups excluding carboxylic acids is 1. The number of hydrogen-bond donors (Lipinski definition) is 1. The number of sulfone groups is 1. The minimum atomic E-state index is -2.91.